The van der Waals surface area contributed by atoms with Crippen molar-refractivity contribution in [2.75, 3.05) is 0 Å². The fourth-order valence-electron chi connectivity index (χ4n) is 3.12. The molecule has 1 aliphatic rings. The van der Waals surface area contributed by atoms with E-state index in [1.165, 1.54) is 24.3 Å². The van der Waals surface area contributed by atoms with E-state index in [1.54, 1.807) is 24.3 Å². The second-order valence-corrected chi connectivity index (χ2v) is 5.73. The number of rotatable bonds is 1. The summed E-state index contributed by atoms with van der Waals surface area (Å²) in [6.07, 6.45) is 0. The summed E-state index contributed by atoms with van der Waals surface area (Å²) in [6.45, 7) is 0. The van der Waals surface area contributed by atoms with Crippen molar-refractivity contribution in [3.8, 4) is 12.0 Å². The Bertz CT molecular complexity index is 1100. The average molecular weight is 334 g/mol. The van der Waals surface area contributed by atoms with Crippen molar-refractivity contribution >= 4 is 16.9 Å². The Morgan fingerprint density at radius 1 is 1.12 bits per heavy atom. The standard InChI is InChI=1S/C19H11FN2O3/c20-11-7-5-10(6-8-11)15-13(9-21)18(22)25-19-16(15)17(23)12-3-1-2-4-14(12)24-19/h1-8,13,15,22H. The first-order chi connectivity index (χ1) is 12.1. The molecule has 0 radical (unpaired) electrons. The lowest BCUT2D eigenvalue weighted by Crippen LogP contribution is -2.34. The number of para-hydroxylation sites is 1. The van der Waals surface area contributed by atoms with Crippen molar-refractivity contribution in [2.45, 2.75) is 5.92 Å². The van der Waals surface area contributed by atoms with Crippen LogP contribution in [0.4, 0.5) is 4.39 Å². The lowest BCUT2D eigenvalue weighted by Gasteiger charge is -2.28. The van der Waals surface area contributed by atoms with Crippen LogP contribution in [0.15, 0.2) is 57.7 Å². The lowest BCUT2D eigenvalue weighted by atomic mass is 9.80. The molecule has 0 fully saturated rings. The van der Waals surface area contributed by atoms with Gasteiger partial charge >= 0.3 is 0 Å². The van der Waals surface area contributed by atoms with Gasteiger partial charge in [-0.05, 0) is 29.8 Å². The van der Waals surface area contributed by atoms with Gasteiger partial charge in [-0.1, -0.05) is 24.3 Å². The van der Waals surface area contributed by atoms with Crippen LogP contribution < -0.4 is 10.2 Å². The molecule has 0 amide bonds. The summed E-state index contributed by atoms with van der Waals surface area (Å²) >= 11 is 0. The van der Waals surface area contributed by atoms with Crippen molar-refractivity contribution in [1.29, 1.82) is 10.7 Å². The number of hydrogen-bond donors (Lipinski definition) is 1. The third-order valence-corrected chi connectivity index (χ3v) is 4.30. The maximum atomic E-state index is 13.3. The van der Waals surface area contributed by atoms with Crippen LogP contribution in [0, 0.1) is 28.5 Å². The van der Waals surface area contributed by atoms with Crippen molar-refractivity contribution in [3.05, 3.63) is 75.7 Å². The molecule has 1 aromatic heterocycles. The van der Waals surface area contributed by atoms with Crippen molar-refractivity contribution in [2.24, 2.45) is 5.92 Å². The summed E-state index contributed by atoms with van der Waals surface area (Å²) in [5.74, 6) is -2.58. The minimum absolute atomic E-state index is 0.0884. The van der Waals surface area contributed by atoms with E-state index < -0.39 is 17.7 Å². The smallest absolute Gasteiger partial charge is 0.299 e. The van der Waals surface area contributed by atoms with Gasteiger partial charge in [0, 0.05) is 5.92 Å². The van der Waals surface area contributed by atoms with Crippen LogP contribution in [0.5, 0.6) is 5.95 Å². The molecule has 0 aliphatic carbocycles. The Hall–Kier alpha value is -3.46. The van der Waals surface area contributed by atoms with Crippen molar-refractivity contribution in [3.63, 3.8) is 0 Å². The van der Waals surface area contributed by atoms with Gasteiger partial charge in [-0.3, -0.25) is 10.2 Å². The molecule has 2 unspecified atom stereocenters. The van der Waals surface area contributed by atoms with E-state index in [1.807, 2.05) is 6.07 Å². The molecule has 4 rings (SSSR count). The molecule has 6 heteroatoms. The van der Waals surface area contributed by atoms with E-state index in [4.69, 9.17) is 14.6 Å². The molecule has 0 bridgehead atoms. The van der Waals surface area contributed by atoms with Gasteiger partial charge in [0.15, 0.2) is 0 Å². The molecule has 2 heterocycles. The highest BCUT2D eigenvalue weighted by Gasteiger charge is 2.40. The molecule has 3 aromatic rings. The van der Waals surface area contributed by atoms with E-state index >= 15 is 0 Å². The molecule has 25 heavy (non-hydrogen) atoms. The van der Waals surface area contributed by atoms with Gasteiger partial charge in [-0.15, -0.1) is 0 Å². The number of halogens is 1. The largest absolute Gasteiger partial charge is 0.425 e. The zero-order chi connectivity index (χ0) is 17.6. The first-order valence-electron chi connectivity index (χ1n) is 7.57. The SMILES string of the molecule is N#CC1C(=N)Oc2oc3ccccc3c(=O)c2C1c1ccc(F)cc1. The van der Waals surface area contributed by atoms with Crippen LogP contribution in [-0.4, -0.2) is 5.90 Å². The number of nitrogens with one attached hydrogen (secondary N) is 1. The predicted molar refractivity (Wildman–Crippen MR) is 88.2 cm³/mol. The molecule has 1 aliphatic heterocycles. The first kappa shape index (κ1) is 15.1. The van der Waals surface area contributed by atoms with Gasteiger partial charge < -0.3 is 9.15 Å². The van der Waals surface area contributed by atoms with Gasteiger partial charge in [0.1, 0.15) is 17.3 Å². The fraction of sp³-hybridized carbons (Fsp3) is 0.105. The minimum Gasteiger partial charge on any atom is -0.425 e. The third kappa shape index (κ3) is 2.29. The Morgan fingerprint density at radius 3 is 2.56 bits per heavy atom. The monoisotopic (exact) mass is 334 g/mol. The third-order valence-electron chi connectivity index (χ3n) is 4.30. The molecular formula is C19H11FN2O3. The van der Waals surface area contributed by atoms with Gasteiger partial charge in [-0.2, -0.15) is 5.26 Å². The number of nitriles is 1. The highest BCUT2D eigenvalue weighted by molar-refractivity contribution is 5.86. The maximum Gasteiger partial charge on any atom is 0.299 e. The second kappa shape index (κ2) is 5.56. The normalized spacial score (nSPS) is 19.1. The molecule has 0 saturated heterocycles. The van der Waals surface area contributed by atoms with Gasteiger partial charge in [-0.25, -0.2) is 4.39 Å². The summed E-state index contributed by atoms with van der Waals surface area (Å²) < 4.78 is 24.3. The number of hydrogen-bond acceptors (Lipinski definition) is 5. The first-order valence-corrected chi connectivity index (χ1v) is 7.57. The molecule has 0 spiro atoms. The van der Waals surface area contributed by atoms with Crippen LogP contribution >= 0.6 is 0 Å². The molecule has 0 saturated carbocycles. The van der Waals surface area contributed by atoms with E-state index in [-0.39, 0.29) is 22.8 Å². The van der Waals surface area contributed by atoms with Gasteiger partial charge in [0.2, 0.25) is 11.3 Å². The molecular weight excluding hydrogens is 323 g/mol. The number of nitrogens with zero attached hydrogens (tertiary/aromatic N) is 1. The maximum absolute atomic E-state index is 13.3. The topological polar surface area (TPSA) is 87.1 Å². The second-order valence-electron chi connectivity index (χ2n) is 5.73. The molecule has 5 nitrogen and oxygen atoms in total. The van der Waals surface area contributed by atoms with E-state index in [0.717, 1.165) is 0 Å². The number of ether oxygens (including phenoxy) is 1. The minimum atomic E-state index is -0.998. The van der Waals surface area contributed by atoms with Crippen LogP contribution in [0.3, 0.4) is 0 Å². The van der Waals surface area contributed by atoms with Crippen molar-refractivity contribution in [1.82, 2.24) is 0 Å². The van der Waals surface area contributed by atoms with Crippen LogP contribution in [0.2, 0.25) is 0 Å². The Kier molecular flexibility index (Phi) is 3.36. The summed E-state index contributed by atoms with van der Waals surface area (Å²) in [5.41, 5.74) is 0.740. The van der Waals surface area contributed by atoms with Crippen LogP contribution in [0.1, 0.15) is 17.0 Å². The summed E-state index contributed by atoms with van der Waals surface area (Å²) in [4.78, 5) is 13.0. The number of benzene rings is 2. The van der Waals surface area contributed by atoms with E-state index in [2.05, 4.69) is 0 Å². The van der Waals surface area contributed by atoms with Gasteiger partial charge in [0.05, 0.1) is 17.0 Å². The van der Waals surface area contributed by atoms with Crippen molar-refractivity contribution < 1.29 is 13.5 Å². The Balaban J connectivity index is 2.04. The van der Waals surface area contributed by atoms with E-state index in [9.17, 15) is 14.4 Å². The highest BCUT2D eigenvalue weighted by atomic mass is 19.1. The summed E-state index contributed by atoms with van der Waals surface area (Å²) in [7, 11) is 0. The highest BCUT2D eigenvalue weighted by Crippen LogP contribution is 2.41. The zero-order valence-electron chi connectivity index (χ0n) is 12.8. The zero-order valence-corrected chi connectivity index (χ0v) is 12.8. The predicted octanol–water partition coefficient (Wildman–Crippen LogP) is 3.57. The average Bonchev–Trinajstić information content (AvgIpc) is 2.61. The van der Waals surface area contributed by atoms with Crippen LogP contribution in [0.25, 0.3) is 11.0 Å². The summed E-state index contributed by atoms with van der Waals surface area (Å²) in [5, 5.41) is 17.9. The van der Waals surface area contributed by atoms with Gasteiger partial charge in [0.25, 0.3) is 5.95 Å². The number of fused-ring (bicyclic) bond motifs is 2. The molecule has 2 atom stereocenters. The summed E-state index contributed by atoms with van der Waals surface area (Å²) in [6, 6.07) is 14.2. The molecule has 1 N–H and O–H groups in total. The molecule has 122 valence electrons. The Labute approximate surface area is 141 Å². The lowest BCUT2D eigenvalue weighted by molar-refractivity contribution is 0.338. The van der Waals surface area contributed by atoms with E-state index in [0.29, 0.717) is 16.5 Å². The quantitative estimate of drug-likeness (QED) is 0.737. The van der Waals surface area contributed by atoms with Crippen LogP contribution in [-0.2, 0) is 0 Å². The molecule has 2 aromatic carbocycles. The fourth-order valence-corrected chi connectivity index (χ4v) is 3.12. The Morgan fingerprint density at radius 2 is 1.84 bits per heavy atom.